The lowest BCUT2D eigenvalue weighted by molar-refractivity contribution is 0.229. The van der Waals surface area contributed by atoms with Gasteiger partial charge >= 0.3 is 0 Å². The van der Waals surface area contributed by atoms with Crippen molar-refractivity contribution in [3.63, 3.8) is 0 Å². The summed E-state index contributed by atoms with van der Waals surface area (Å²) >= 11 is 6.15. The van der Waals surface area contributed by atoms with E-state index in [0.29, 0.717) is 5.92 Å². The van der Waals surface area contributed by atoms with Gasteiger partial charge in [0.15, 0.2) is 0 Å². The minimum Gasteiger partial charge on any atom is -0.314 e. The Balaban J connectivity index is 2.01. The maximum absolute atomic E-state index is 6.15. The van der Waals surface area contributed by atoms with Gasteiger partial charge in [-0.2, -0.15) is 0 Å². The minimum atomic E-state index is 0.423. The Bertz CT molecular complexity index is 599. The molecule has 1 aliphatic rings. The van der Waals surface area contributed by atoms with Gasteiger partial charge in [-0.25, -0.2) is 4.98 Å². The van der Waals surface area contributed by atoms with Crippen molar-refractivity contribution in [1.82, 2.24) is 19.6 Å². The average molecular weight is 293 g/mol. The highest BCUT2D eigenvalue weighted by Gasteiger charge is 2.19. The molecule has 0 aliphatic carbocycles. The highest BCUT2D eigenvalue weighted by atomic mass is 35.5. The lowest BCUT2D eigenvalue weighted by atomic mass is 10.1. The fourth-order valence-electron chi connectivity index (χ4n) is 2.79. The number of rotatable bonds is 3. The molecule has 0 amide bonds. The van der Waals surface area contributed by atoms with Gasteiger partial charge in [0, 0.05) is 38.9 Å². The number of nitrogens with one attached hydrogen (secondary N) is 1. The van der Waals surface area contributed by atoms with E-state index in [9.17, 15) is 0 Å². The van der Waals surface area contributed by atoms with Gasteiger partial charge in [-0.3, -0.25) is 4.90 Å². The summed E-state index contributed by atoms with van der Waals surface area (Å²) in [6.45, 7) is 9.64. The van der Waals surface area contributed by atoms with E-state index in [1.165, 1.54) is 11.4 Å². The number of hydrogen-bond donors (Lipinski definition) is 1. The second-order valence-corrected chi connectivity index (χ2v) is 6.14. The van der Waals surface area contributed by atoms with E-state index < -0.39 is 0 Å². The number of piperazine rings is 1. The van der Waals surface area contributed by atoms with Crippen LogP contribution < -0.4 is 5.32 Å². The van der Waals surface area contributed by atoms with Crippen LogP contribution in [0.5, 0.6) is 0 Å². The number of aromatic nitrogens is 2. The SMILES string of the molecule is CC(C)c1nc2ccc(Cl)cn2c1CN1CCNCC1. The first-order valence-electron chi connectivity index (χ1n) is 7.24. The smallest absolute Gasteiger partial charge is 0.137 e. The van der Waals surface area contributed by atoms with E-state index in [1.807, 2.05) is 18.3 Å². The molecule has 3 rings (SSSR count). The molecule has 108 valence electrons. The molecule has 0 aromatic carbocycles. The summed E-state index contributed by atoms with van der Waals surface area (Å²) in [4.78, 5) is 7.26. The molecule has 0 spiro atoms. The molecular weight excluding hydrogens is 272 g/mol. The van der Waals surface area contributed by atoms with E-state index in [-0.39, 0.29) is 0 Å². The summed E-state index contributed by atoms with van der Waals surface area (Å²) in [6, 6.07) is 3.90. The molecule has 0 unspecified atom stereocenters. The molecule has 0 bridgehead atoms. The highest BCUT2D eigenvalue weighted by molar-refractivity contribution is 6.30. The Hall–Kier alpha value is -1.10. The van der Waals surface area contributed by atoms with E-state index in [4.69, 9.17) is 16.6 Å². The molecule has 0 atom stereocenters. The number of hydrogen-bond acceptors (Lipinski definition) is 3. The van der Waals surface area contributed by atoms with Crippen molar-refractivity contribution >= 4 is 17.2 Å². The molecule has 1 N–H and O–H groups in total. The normalized spacial score (nSPS) is 17.2. The zero-order valence-electron chi connectivity index (χ0n) is 12.1. The second kappa shape index (κ2) is 5.72. The van der Waals surface area contributed by atoms with Crippen molar-refractivity contribution in [2.24, 2.45) is 0 Å². The summed E-state index contributed by atoms with van der Waals surface area (Å²) in [7, 11) is 0. The monoisotopic (exact) mass is 292 g/mol. The number of nitrogens with zero attached hydrogens (tertiary/aromatic N) is 3. The molecular formula is C15H21ClN4. The van der Waals surface area contributed by atoms with Crippen LogP contribution in [0.4, 0.5) is 0 Å². The van der Waals surface area contributed by atoms with Gasteiger partial charge < -0.3 is 9.72 Å². The lowest BCUT2D eigenvalue weighted by Crippen LogP contribution is -2.43. The van der Waals surface area contributed by atoms with Crippen LogP contribution in [0.25, 0.3) is 5.65 Å². The fourth-order valence-corrected chi connectivity index (χ4v) is 2.95. The summed E-state index contributed by atoms with van der Waals surface area (Å²) < 4.78 is 2.15. The number of imidazole rings is 1. The molecule has 1 fully saturated rings. The molecule has 3 heterocycles. The largest absolute Gasteiger partial charge is 0.314 e. The van der Waals surface area contributed by atoms with Gasteiger partial charge in [0.2, 0.25) is 0 Å². The molecule has 1 saturated heterocycles. The zero-order valence-corrected chi connectivity index (χ0v) is 12.8. The quantitative estimate of drug-likeness (QED) is 0.943. The van der Waals surface area contributed by atoms with Crippen molar-refractivity contribution in [2.45, 2.75) is 26.3 Å². The van der Waals surface area contributed by atoms with Gasteiger partial charge in [0.25, 0.3) is 0 Å². The minimum absolute atomic E-state index is 0.423. The Morgan fingerprint density at radius 1 is 1.30 bits per heavy atom. The van der Waals surface area contributed by atoms with Crippen molar-refractivity contribution in [2.75, 3.05) is 26.2 Å². The molecule has 4 nitrogen and oxygen atoms in total. The Labute approximate surface area is 124 Å². The molecule has 2 aromatic heterocycles. The van der Waals surface area contributed by atoms with Crippen LogP contribution >= 0.6 is 11.6 Å². The Morgan fingerprint density at radius 3 is 2.75 bits per heavy atom. The predicted molar refractivity (Wildman–Crippen MR) is 82.4 cm³/mol. The number of pyridine rings is 1. The summed E-state index contributed by atoms with van der Waals surface area (Å²) in [5.41, 5.74) is 3.45. The van der Waals surface area contributed by atoms with Crippen LogP contribution in [-0.2, 0) is 6.54 Å². The molecule has 0 saturated carbocycles. The van der Waals surface area contributed by atoms with Gasteiger partial charge in [0.05, 0.1) is 16.4 Å². The van der Waals surface area contributed by atoms with Crippen LogP contribution in [0.1, 0.15) is 31.2 Å². The molecule has 20 heavy (non-hydrogen) atoms. The van der Waals surface area contributed by atoms with Crippen molar-refractivity contribution in [1.29, 1.82) is 0 Å². The number of halogens is 1. The van der Waals surface area contributed by atoms with Crippen molar-refractivity contribution < 1.29 is 0 Å². The maximum atomic E-state index is 6.15. The van der Waals surface area contributed by atoms with Crippen LogP contribution in [-0.4, -0.2) is 40.5 Å². The van der Waals surface area contributed by atoms with E-state index >= 15 is 0 Å². The van der Waals surface area contributed by atoms with Crippen LogP contribution in [0.3, 0.4) is 0 Å². The van der Waals surface area contributed by atoms with Crippen molar-refractivity contribution in [3.05, 3.63) is 34.7 Å². The summed E-state index contributed by atoms with van der Waals surface area (Å²) in [5, 5.41) is 4.15. The third-order valence-corrected chi connectivity index (χ3v) is 4.07. The van der Waals surface area contributed by atoms with Gasteiger partial charge in [0.1, 0.15) is 5.65 Å². The maximum Gasteiger partial charge on any atom is 0.137 e. The first-order valence-corrected chi connectivity index (χ1v) is 7.62. The third kappa shape index (κ3) is 2.68. The standard InChI is InChI=1S/C15H21ClN4/c1-11(2)15-13(10-19-7-5-17-6-8-19)20-9-12(16)3-4-14(20)18-15/h3-4,9,11,17H,5-8,10H2,1-2H3. The van der Waals surface area contributed by atoms with Gasteiger partial charge in [-0.1, -0.05) is 25.4 Å². The fraction of sp³-hybridized carbons (Fsp3) is 0.533. The zero-order chi connectivity index (χ0) is 14.1. The molecule has 2 aromatic rings. The van der Waals surface area contributed by atoms with E-state index in [2.05, 4.69) is 28.5 Å². The summed E-state index contributed by atoms with van der Waals surface area (Å²) in [5.74, 6) is 0.423. The third-order valence-electron chi connectivity index (χ3n) is 3.84. The Kier molecular flexibility index (Phi) is 3.96. The highest BCUT2D eigenvalue weighted by Crippen LogP contribution is 2.23. The lowest BCUT2D eigenvalue weighted by Gasteiger charge is -2.27. The first-order chi connectivity index (χ1) is 9.65. The van der Waals surface area contributed by atoms with Crippen LogP contribution in [0.15, 0.2) is 18.3 Å². The van der Waals surface area contributed by atoms with E-state index in [0.717, 1.165) is 43.4 Å². The van der Waals surface area contributed by atoms with Crippen LogP contribution in [0.2, 0.25) is 5.02 Å². The molecule has 5 heteroatoms. The average Bonchev–Trinajstić information content (AvgIpc) is 2.78. The predicted octanol–water partition coefficient (Wildman–Crippen LogP) is 2.52. The number of fused-ring (bicyclic) bond motifs is 1. The molecule has 0 radical (unpaired) electrons. The topological polar surface area (TPSA) is 32.6 Å². The van der Waals surface area contributed by atoms with Gasteiger partial charge in [-0.05, 0) is 18.1 Å². The summed E-state index contributed by atoms with van der Waals surface area (Å²) in [6.07, 6.45) is 1.98. The molecule has 1 aliphatic heterocycles. The first kappa shape index (κ1) is 13.9. The van der Waals surface area contributed by atoms with E-state index in [1.54, 1.807) is 0 Å². The second-order valence-electron chi connectivity index (χ2n) is 5.70. The van der Waals surface area contributed by atoms with Gasteiger partial charge in [-0.15, -0.1) is 0 Å². The Morgan fingerprint density at radius 2 is 2.05 bits per heavy atom. The van der Waals surface area contributed by atoms with Crippen molar-refractivity contribution in [3.8, 4) is 0 Å². The van der Waals surface area contributed by atoms with Crippen LogP contribution in [0, 0.1) is 0 Å².